The largest absolute Gasteiger partial charge is 0.383 e. The fourth-order valence-corrected chi connectivity index (χ4v) is 2.35. The monoisotopic (exact) mass is 325 g/mol. The fraction of sp³-hybridized carbons (Fsp3) is 0.444. The molecule has 1 rings (SSSR count). The molecule has 0 aliphatic heterocycles. The second-order valence-electron chi connectivity index (χ2n) is 2.97. The zero-order valence-corrected chi connectivity index (χ0v) is 11.0. The molecule has 0 radical (unpaired) electrons. The van der Waals surface area contributed by atoms with E-state index in [1.165, 1.54) is 0 Å². The first-order valence-corrected chi connectivity index (χ1v) is 6.13. The Bertz CT molecular complexity index is 314. The van der Waals surface area contributed by atoms with Crippen molar-refractivity contribution >= 4 is 39.8 Å². The number of ether oxygens (including phenoxy) is 1. The summed E-state index contributed by atoms with van der Waals surface area (Å²) >= 11 is 3.77. The van der Waals surface area contributed by atoms with Crippen LogP contribution in [0.4, 0.5) is 0 Å². The number of amides is 1. The van der Waals surface area contributed by atoms with Gasteiger partial charge in [0.25, 0.3) is 5.91 Å². The number of halogens is 1. The van der Waals surface area contributed by atoms with Crippen LogP contribution in [0.25, 0.3) is 0 Å². The molecule has 0 saturated heterocycles. The van der Waals surface area contributed by atoms with E-state index in [1.54, 1.807) is 18.4 Å². The number of carbonyl (C=O) groups is 1. The maximum Gasteiger partial charge on any atom is 0.252 e. The lowest BCUT2D eigenvalue weighted by Crippen LogP contribution is -2.35. The van der Waals surface area contributed by atoms with Crippen molar-refractivity contribution in [1.29, 1.82) is 0 Å². The lowest BCUT2D eigenvalue weighted by atomic mass is 10.3. The molecule has 0 fully saturated rings. The van der Waals surface area contributed by atoms with Crippen molar-refractivity contribution in [2.24, 2.45) is 0 Å². The molecule has 3 nitrogen and oxygen atoms in total. The summed E-state index contributed by atoms with van der Waals surface area (Å²) in [5.74, 6) is -0.0336. The molecule has 1 N–H and O–H groups in total. The zero-order valence-electron chi connectivity index (χ0n) is 8.04. The fourth-order valence-electron chi connectivity index (χ4n) is 1.03. The molecule has 0 bridgehead atoms. The van der Waals surface area contributed by atoms with Crippen molar-refractivity contribution < 1.29 is 9.53 Å². The molecular formula is C9H12INO2S. The summed E-state index contributed by atoms with van der Waals surface area (Å²) < 4.78 is 6.05. The molecule has 0 spiro atoms. The average molecular weight is 325 g/mol. The number of nitrogens with one attached hydrogen (secondary N) is 1. The lowest BCUT2D eigenvalue weighted by molar-refractivity contribution is 0.0906. The van der Waals surface area contributed by atoms with Crippen LogP contribution in [0.3, 0.4) is 0 Å². The summed E-state index contributed by atoms with van der Waals surface area (Å²) in [6.45, 7) is 2.45. The molecule has 1 unspecified atom stereocenters. The molecule has 1 heterocycles. The Labute approximate surface area is 101 Å². The van der Waals surface area contributed by atoms with Crippen molar-refractivity contribution in [3.63, 3.8) is 0 Å². The van der Waals surface area contributed by atoms with E-state index in [0.29, 0.717) is 6.61 Å². The van der Waals surface area contributed by atoms with Crippen LogP contribution in [-0.4, -0.2) is 25.7 Å². The molecule has 78 valence electrons. The summed E-state index contributed by atoms with van der Waals surface area (Å²) in [6.07, 6.45) is 0. The first-order valence-electron chi connectivity index (χ1n) is 4.17. The van der Waals surface area contributed by atoms with Crippen LogP contribution in [0.2, 0.25) is 0 Å². The Morgan fingerprint density at radius 3 is 3.00 bits per heavy atom. The van der Waals surface area contributed by atoms with Gasteiger partial charge in [0.05, 0.1) is 15.1 Å². The molecule has 14 heavy (non-hydrogen) atoms. The van der Waals surface area contributed by atoms with Crippen molar-refractivity contribution in [1.82, 2.24) is 5.32 Å². The third-order valence-electron chi connectivity index (χ3n) is 1.62. The minimum Gasteiger partial charge on any atom is -0.383 e. The highest BCUT2D eigenvalue weighted by Gasteiger charge is 2.10. The number of hydrogen-bond acceptors (Lipinski definition) is 3. The predicted molar refractivity (Wildman–Crippen MR) is 65.8 cm³/mol. The lowest BCUT2D eigenvalue weighted by Gasteiger charge is -2.11. The molecule has 1 aromatic heterocycles. The SMILES string of the molecule is COCC(C)NC(=O)c1csc(I)c1. The van der Waals surface area contributed by atoms with E-state index in [-0.39, 0.29) is 11.9 Å². The van der Waals surface area contributed by atoms with E-state index in [2.05, 4.69) is 27.9 Å². The maximum absolute atomic E-state index is 11.6. The van der Waals surface area contributed by atoms with Gasteiger partial charge in [-0.05, 0) is 35.6 Å². The molecule has 0 saturated carbocycles. The minimum absolute atomic E-state index is 0.0336. The van der Waals surface area contributed by atoms with Crippen LogP contribution in [0.1, 0.15) is 17.3 Å². The van der Waals surface area contributed by atoms with Crippen LogP contribution in [0.5, 0.6) is 0 Å². The van der Waals surface area contributed by atoms with E-state index >= 15 is 0 Å². The number of rotatable bonds is 4. The van der Waals surface area contributed by atoms with E-state index in [9.17, 15) is 4.79 Å². The third kappa shape index (κ3) is 3.55. The van der Waals surface area contributed by atoms with Crippen molar-refractivity contribution in [3.8, 4) is 0 Å². The number of hydrogen-bond donors (Lipinski definition) is 1. The van der Waals surface area contributed by atoms with Crippen LogP contribution in [0.15, 0.2) is 11.4 Å². The van der Waals surface area contributed by atoms with Gasteiger partial charge in [-0.15, -0.1) is 11.3 Å². The van der Waals surface area contributed by atoms with E-state index in [4.69, 9.17) is 4.74 Å². The summed E-state index contributed by atoms with van der Waals surface area (Å²) in [5.41, 5.74) is 0.724. The van der Waals surface area contributed by atoms with Gasteiger partial charge in [0, 0.05) is 18.5 Å². The van der Waals surface area contributed by atoms with Gasteiger partial charge in [0.15, 0.2) is 0 Å². The highest BCUT2D eigenvalue weighted by atomic mass is 127. The van der Waals surface area contributed by atoms with Crippen LogP contribution in [0, 0.1) is 2.88 Å². The minimum atomic E-state index is -0.0336. The topological polar surface area (TPSA) is 38.3 Å². The van der Waals surface area contributed by atoms with E-state index in [0.717, 1.165) is 8.45 Å². The molecule has 0 aliphatic carbocycles. The molecule has 0 aliphatic rings. The Hall–Kier alpha value is -0.140. The van der Waals surface area contributed by atoms with E-state index in [1.807, 2.05) is 18.4 Å². The first kappa shape index (κ1) is 11.9. The highest BCUT2D eigenvalue weighted by Crippen LogP contribution is 2.16. The normalized spacial score (nSPS) is 12.5. The van der Waals surface area contributed by atoms with Gasteiger partial charge >= 0.3 is 0 Å². The van der Waals surface area contributed by atoms with Gasteiger partial charge in [-0.1, -0.05) is 0 Å². The predicted octanol–water partition coefficient (Wildman–Crippen LogP) is 2.12. The molecule has 1 aromatic rings. The summed E-state index contributed by atoms with van der Waals surface area (Å²) in [4.78, 5) is 11.6. The molecule has 0 aromatic carbocycles. The number of carbonyl (C=O) groups excluding carboxylic acids is 1. The van der Waals surface area contributed by atoms with E-state index < -0.39 is 0 Å². The van der Waals surface area contributed by atoms with Crippen molar-refractivity contribution in [3.05, 3.63) is 19.9 Å². The maximum atomic E-state index is 11.6. The van der Waals surface area contributed by atoms with Gasteiger partial charge in [0.2, 0.25) is 0 Å². The second kappa shape index (κ2) is 5.67. The number of methoxy groups -OCH3 is 1. The van der Waals surface area contributed by atoms with Crippen molar-refractivity contribution in [2.45, 2.75) is 13.0 Å². The molecule has 1 atom stereocenters. The highest BCUT2D eigenvalue weighted by molar-refractivity contribution is 14.1. The summed E-state index contributed by atoms with van der Waals surface area (Å²) in [5, 5.41) is 4.71. The molecular weight excluding hydrogens is 313 g/mol. The van der Waals surface area contributed by atoms with Crippen molar-refractivity contribution in [2.75, 3.05) is 13.7 Å². The van der Waals surface area contributed by atoms with Crippen LogP contribution in [-0.2, 0) is 4.74 Å². The smallest absolute Gasteiger partial charge is 0.252 e. The Kier molecular flexibility index (Phi) is 4.83. The van der Waals surface area contributed by atoms with Gasteiger partial charge in [-0.3, -0.25) is 4.79 Å². The van der Waals surface area contributed by atoms with Crippen LogP contribution < -0.4 is 5.32 Å². The first-order chi connectivity index (χ1) is 6.63. The summed E-state index contributed by atoms with van der Waals surface area (Å²) in [6, 6.07) is 1.92. The standard InChI is InChI=1S/C9H12INO2S/c1-6(4-13-2)11-9(12)7-3-8(10)14-5-7/h3,5-6H,4H2,1-2H3,(H,11,12). The Morgan fingerprint density at radius 1 is 1.79 bits per heavy atom. The summed E-state index contributed by atoms with van der Waals surface area (Å²) in [7, 11) is 1.62. The zero-order chi connectivity index (χ0) is 10.6. The van der Waals surface area contributed by atoms with Gasteiger partial charge < -0.3 is 10.1 Å². The molecule has 5 heteroatoms. The molecule has 1 amide bonds. The van der Waals surface area contributed by atoms with Crippen LogP contribution >= 0.6 is 33.9 Å². The quantitative estimate of drug-likeness (QED) is 0.861. The second-order valence-corrected chi connectivity index (χ2v) is 5.77. The van der Waals surface area contributed by atoms with Gasteiger partial charge in [0.1, 0.15) is 0 Å². The average Bonchev–Trinajstić information content (AvgIpc) is 2.52. The third-order valence-corrected chi connectivity index (χ3v) is 3.41. The van der Waals surface area contributed by atoms with Gasteiger partial charge in [-0.25, -0.2) is 0 Å². The Morgan fingerprint density at radius 2 is 2.50 bits per heavy atom. The Balaban J connectivity index is 2.50. The number of thiophene rings is 1. The van der Waals surface area contributed by atoms with Gasteiger partial charge in [-0.2, -0.15) is 0 Å².